The van der Waals surface area contributed by atoms with E-state index in [2.05, 4.69) is 27.8 Å². The third kappa shape index (κ3) is 4.64. The largest absolute Gasteiger partial charge is 0.357 e. The van der Waals surface area contributed by atoms with Crippen LogP contribution in [0.3, 0.4) is 0 Å². The molecule has 0 bridgehead atoms. The maximum absolute atomic E-state index is 13.6. The minimum absolute atomic E-state index is 0.0352. The Hall–Kier alpha value is -2.89. The Labute approximate surface area is 177 Å². The van der Waals surface area contributed by atoms with Crippen molar-refractivity contribution in [3.8, 4) is 0 Å². The van der Waals surface area contributed by atoms with Crippen LogP contribution in [0.1, 0.15) is 36.5 Å². The van der Waals surface area contributed by atoms with Gasteiger partial charge in [0.2, 0.25) is 5.91 Å². The summed E-state index contributed by atoms with van der Waals surface area (Å²) in [6.07, 6.45) is 2.93. The number of fused-ring (bicyclic) bond motifs is 1. The minimum Gasteiger partial charge on any atom is -0.357 e. The number of nitrogens with zero attached hydrogens (tertiary/aromatic N) is 2. The summed E-state index contributed by atoms with van der Waals surface area (Å²) in [5.74, 6) is 0.465. The first-order valence-electron chi connectivity index (χ1n) is 10.7. The van der Waals surface area contributed by atoms with Crippen molar-refractivity contribution in [1.29, 1.82) is 0 Å². The van der Waals surface area contributed by atoms with Crippen LogP contribution in [-0.2, 0) is 23.2 Å². The maximum Gasteiger partial charge on any atom is 0.244 e. The monoisotopic (exact) mass is 408 g/mol. The summed E-state index contributed by atoms with van der Waals surface area (Å²) < 4.78 is 13.6. The molecule has 1 fully saturated rings. The highest BCUT2D eigenvalue weighted by Crippen LogP contribution is 2.47. The molecule has 0 atom stereocenters. The van der Waals surface area contributed by atoms with E-state index in [-0.39, 0.29) is 23.7 Å². The first kappa shape index (κ1) is 20.4. The second-order valence-electron chi connectivity index (χ2n) is 8.17. The van der Waals surface area contributed by atoms with Crippen molar-refractivity contribution in [1.82, 2.24) is 15.5 Å². The lowest BCUT2D eigenvalue weighted by Gasteiger charge is -2.28. The van der Waals surface area contributed by atoms with Gasteiger partial charge in [0, 0.05) is 31.6 Å². The van der Waals surface area contributed by atoms with Gasteiger partial charge in [-0.3, -0.25) is 4.79 Å². The minimum atomic E-state index is -0.201. The molecule has 1 aliphatic carbocycles. The Kier molecular flexibility index (Phi) is 6.02. The SMILES string of the molecule is CCNC(=NCC(=O)N1CCc2ccccc2C1)NCC1(c2cccc(F)c2)CC1. The average molecular weight is 409 g/mol. The molecule has 0 radical (unpaired) electrons. The molecule has 5 nitrogen and oxygen atoms in total. The van der Waals surface area contributed by atoms with E-state index >= 15 is 0 Å². The van der Waals surface area contributed by atoms with Crippen molar-refractivity contribution in [2.24, 2.45) is 4.99 Å². The number of carbonyl (C=O) groups is 1. The van der Waals surface area contributed by atoms with Crippen molar-refractivity contribution in [3.05, 3.63) is 71.0 Å². The smallest absolute Gasteiger partial charge is 0.244 e. The van der Waals surface area contributed by atoms with Crippen LogP contribution in [0.4, 0.5) is 4.39 Å². The standard InChI is InChI=1S/C24H29FN4O/c1-2-26-23(28-17-24(11-12-24)20-8-5-9-21(25)14-20)27-15-22(30)29-13-10-18-6-3-4-7-19(18)16-29/h3-9,14H,2,10-13,15-17H2,1H3,(H2,26,27,28). The maximum atomic E-state index is 13.6. The number of guanidine groups is 1. The number of carbonyl (C=O) groups excluding carboxylic acids is 1. The zero-order chi connectivity index (χ0) is 21.0. The first-order valence-corrected chi connectivity index (χ1v) is 10.7. The van der Waals surface area contributed by atoms with Crippen LogP contribution in [-0.4, -0.2) is 42.9 Å². The van der Waals surface area contributed by atoms with E-state index in [1.54, 1.807) is 12.1 Å². The molecule has 2 aromatic rings. The summed E-state index contributed by atoms with van der Waals surface area (Å²) in [7, 11) is 0. The molecule has 2 aliphatic rings. The van der Waals surface area contributed by atoms with E-state index < -0.39 is 0 Å². The van der Waals surface area contributed by atoms with Crippen LogP contribution < -0.4 is 10.6 Å². The van der Waals surface area contributed by atoms with E-state index in [0.717, 1.165) is 31.4 Å². The lowest BCUT2D eigenvalue weighted by Crippen LogP contribution is -2.42. The highest BCUT2D eigenvalue weighted by Gasteiger charge is 2.44. The number of rotatable bonds is 6. The molecule has 2 aromatic carbocycles. The van der Waals surface area contributed by atoms with Gasteiger partial charge >= 0.3 is 0 Å². The highest BCUT2D eigenvalue weighted by molar-refractivity contribution is 5.85. The van der Waals surface area contributed by atoms with Crippen molar-refractivity contribution < 1.29 is 9.18 Å². The number of amides is 1. The molecule has 4 rings (SSSR count). The van der Waals surface area contributed by atoms with E-state index in [4.69, 9.17) is 0 Å². The fourth-order valence-corrected chi connectivity index (χ4v) is 4.09. The van der Waals surface area contributed by atoms with Crippen LogP contribution in [0.25, 0.3) is 0 Å². The molecule has 0 saturated heterocycles. The van der Waals surface area contributed by atoms with Crippen LogP contribution >= 0.6 is 0 Å². The first-order chi connectivity index (χ1) is 14.6. The zero-order valence-corrected chi connectivity index (χ0v) is 17.5. The Bertz CT molecular complexity index is 938. The fourth-order valence-electron chi connectivity index (χ4n) is 4.09. The summed E-state index contributed by atoms with van der Waals surface area (Å²) in [4.78, 5) is 19.1. The van der Waals surface area contributed by atoms with Gasteiger partial charge in [0.25, 0.3) is 0 Å². The Morgan fingerprint density at radius 1 is 1.13 bits per heavy atom. The van der Waals surface area contributed by atoms with E-state index in [1.165, 1.54) is 17.2 Å². The second kappa shape index (κ2) is 8.86. The van der Waals surface area contributed by atoms with Crippen molar-refractivity contribution in [3.63, 3.8) is 0 Å². The van der Waals surface area contributed by atoms with Gasteiger partial charge in [0.15, 0.2) is 5.96 Å². The summed E-state index contributed by atoms with van der Waals surface area (Å²) in [6.45, 7) is 4.89. The summed E-state index contributed by atoms with van der Waals surface area (Å²) >= 11 is 0. The lowest BCUT2D eigenvalue weighted by molar-refractivity contribution is -0.130. The number of hydrogen-bond donors (Lipinski definition) is 2. The highest BCUT2D eigenvalue weighted by atomic mass is 19.1. The molecule has 0 aromatic heterocycles. The van der Waals surface area contributed by atoms with Crippen LogP contribution in [0.2, 0.25) is 0 Å². The third-order valence-electron chi connectivity index (χ3n) is 6.08. The average Bonchev–Trinajstić information content (AvgIpc) is 3.56. The van der Waals surface area contributed by atoms with E-state index in [9.17, 15) is 9.18 Å². The molecule has 30 heavy (non-hydrogen) atoms. The topological polar surface area (TPSA) is 56.7 Å². The van der Waals surface area contributed by atoms with Crippen molar-refractivity contribution in [2.75, 3.05) is 26.2 Å². The fraction of sp³-hybridized carbons (Fsp3) is 0.417. The number of aliphatic imine (C=N–C) groups is 1. The Morgan fingerprint density at radius 2 is 1.93 bits per heavy atom. The number of hydrogen-bond acceptors (Lipinski definition) is 2. The molecule has 1 amide bonds. The second-order valence-corrected chi connectivity index (χ2v) is 8.17. The van der Waals surface area contributed by atoms with E-state index in [1.807, 2.05) is 30.0 Å². The quantitative estimate of drug-likeness (QED) is 0.571. The molecule has 0 spiro atoms. The number of nitrogens with one attached hydrogen (secondary N) is 2. The van der Waals surface area contributed by atoms with Gasteiger partial charge in [-0.2, -0.15) is 0 Å². The molecular weight excluding hydrogens is 379 g/mol. The van der Waals surface area contributed by atoms with Gasteiger partial charge in [-0.15, -0.1) is 0 Å². The Morgan fingerprint density at radius 3 is 2.67 bits per heavy atom. The third-order valence-corrected chi connectivity index (χ3v) is 6.08. The van der Waals surface area contributed by atoms with Gasteiger partial charge in [-0.05, 0) is 55.0 Å². The molecular formula is C24H29FN4O. The Balaban J connectivity index is 1.35. The van der Waals surface area contributed by atoms with E-state index in [0.29, 0.717) is 25.6 Å². The van der Waals surface area contributed by atoms with Crippen molar-refractivity contribution >= 4 is 11.9 Å². The molecule has 2 N–H and O–H groups in total. The molecule has 6 heteroatoms. The normalized spacial score (nSPS) is 17.3. The van der Waals surface area contributed by atoms with Gasteiger partial charge < -0.3 is 15.5 Å². The molecule has 1 saturated carbocycles. The molecule has 1 heterocycles. The molecule has 158 valence electrons. The number of benzene rings is 2. The van der Waals surface area contributed by atoms with Gasteiger partial charge in [-0.25, -0.2) is 9.38 Å². The van der Waals surface area contributed by atoms with Gasteiger partial charge in [0.1, 0.15) is 12.4 Å². The predicted molar refractivity (Wildman–Crippen MR) is 117 cm³/mol. The van der Waals surface area contributed by atoms with Gasteiger partial charge in [-0.1, -0.05) is 36.4 Å². The van der Waals surface area contributed by atoms with Gasteiger partial charge in [0.05, 0.1) is 0 Å². The van der Waals surface area contributed by atoms with Crippen LogP contribution in [0.5, 0.6) is 0 Å². The summed E-state index contributed by atoms with van der Waals surface area (Å²) in [6, 6.07) is 15.1. The van der Waals surface area contributed by atoms with Crippen molar-refractivity contribution in [2.45, 2.75) is 38.1 Å². The molecule has 1 aliphatic heterocycles. The summed E-state index contributed by atoms with van der Waals surface area (Å²) in [5, 5.41) is 6.57. The number of halogens is 1. The van der Waals surface area contributed by atoms with Crippen LogP contribution in [0.15, 0.2) is 53.5 Å². The predicted octanol–water partition coefficient (Wildman–Crippen LogP) is 3.00. The molecule has 0 unspecified atom stereocenters. The van der Waals surface area contributed by atoms with Crippen LogP contribution in [0, 0.1) is 5.82 Å². The zero-order valence-electron chi connectivity index (χ0n) is 17.5. The lowest BCUT2D eigenvalue weighted by atomic mass is 9.96. The summed E-state index contributed by atoms with van der Waals surface area (Å²) in [5.41, 5.74) is 3.52.